The van der Waals surface area contributed by atoms with Crippen LogP contribution in [-0.4, -0.2) is 20.9 Å². The highest BCUT2D eigenvalue weighted by Gasteiger charge is 2.24. The zero-order valence-corrected chi connectivity index (χ0v) is 12.6. The van der Waals surface area contributed by atoms with Gasteiger partial charge in [0.05, 0.1) is 12.2 Å². The normalized spacial score (nSPS) is 11.1. The van der Waals surface area contributed by atoms with Gasteiger partial charge < -0.3 is 5.11 Å². The summed E-state index contributed by atoms with van der Waals surface area (Å²) >= 11 is 12.2. The molecule has 1 aromatic carbocycles. The Labute approximate surface area is 126 Å². The van der Waals surface area contributed by atoms with E-state index in [4.69, 9.17) is 23.2 Å². The van der Waals surface area contributed by atoms with Crippen molar-refractivity contribution in [2.45, 2.75) is 26.3 Å². The second kappa shape index (κ2) is 5.85. The van der Waals surface area contributed by atoms with Crippen LogP contribution in [0.15, 0.2) is 24.3 Å². The van der Waals surface area contributed by atoms with Crippen molar-refractivity contribution in [3.05, 3.63) is 51.3 Å². The molecule has 0 aliphatic heterocycles. The van der Waals surface area contributed by atoms with Gasteiger partial charge >= 0.3 is 5.97 Å². The zero-order valence-electron chi connectivity index (χ0n) is 11.1. The second-order valence-corrected chi connectivity index (χ2v) is 5.53. The number of aromatic carboxylic acids is 1. The van der Waals surface area contributed by atoms with E-state index in [9.17, 15) is 9.90 Å². The van der Waals surface area contributed by atoms with Crippen molar-refractivity contribution in [1.29, 1.82) is 0 Å². The third kappa shape index (κ3) is 2.81. The molecule has 0 saturated carbocycles. The molecular weight excluding hydrogens is 299 g/mol. The highest BCUT2D eigenvalue weighted by molar-refractivity contribution is 6.33. The minimum absolute atomic E-state index is 0.0221. The van der Waals surface area contributed by atoms with Crippen LogP contribution in [0.2, 0.25) is 10.2 Å². The van der Waals surface area contributed by atoms with Gasteiger partial charge in [0, 0.05) is 5.02 Å². The maximum absolute atomic E-state index is 11.3. The molecule has 0 saturated heterocycles. The molecule has 106 valence electrons. The van der Waals surface area contributed by atoms with Gasteiger partial charge in [-0.25, -0.2) is 9.48 Å². The SMILES string of the molecule is CC(C)c1nn(Cc2ccccc2Cl)c(Cl)c1C(=O)O. The Bertz CT molecular complexity index is 651. The van der Waals surface area contributed by atoms with Crippen LogP contribution in [0.25, 0.3) is 0 Å². The minimum Gasteiger partial charge on any atom is -0.478 e. The number of nitrogens with zero attached hydrogens (tertiary/aromatic N) is 2. The van der Waals surface area contributed by atoms with Crippen molar-refractivity contribution in [2.75, 3.05) is 0 Å². The zero-order chi connectivity index (χ0) is 14.9. The third-order valence-corrected chi connectivity index (χ3v) is 3.71. The van der Waals surface area contributed by atoms with Crippen LogP contribution in [0, 0.1) is 0 Å². The first kappa shape index (κ1) is 14.9. The Balaban J connectivity index is 2.46. The fourth-order valence-electron chi connectivity index (χ4n) is 1.95. The van der Waals surface area contributed by atoms with Gasteiger partial charge in [0.25, 0.3) is 0 Å². The second-order valence-electron chi connectivity index (χ2n) is 4.76. The number of benzene rings is 1. The van der Waals surface area contributed by atoms with Crippen LogP contribution in [-0.2, 0) is 6.54 Å². The van der Waals surface area contributed by atoms with E-state index in [1.807, 2.05) is 32.0 Å². The van der Waals surface area contributed by atoms with Crippen LogP contribution in [0.3, 0.4) is 0 Å². The van der Waals surface area contributed by atoms with E-state index in [1.54, 1.807) is 6.07 Å². The molecule has 4 nitrogen and oxygen atoms in total. The Morgan fingerprint density at radius 3 is 2.50 bits per heavy atom. The van der Waals surface area contributed by atoms with Crippen LogP contribution >= 0.6 is 23.2 Å². The maximum atomic E-state index is 11.3. The monoisotopic (exact) mass is 312 g/mol. The molecule has 0 spiro atoms. The maximum Gasteiger partial charge on any atom is 0.340 e. The van der Waals surface area contributed by atoms with Crippen molar-refractivity contribution < 1.29 is 9.90 Å². The smallest absolute Gasteiger partial charge is 0.340 e. The number of carboxylic acid groups (broad SMARTS) is 1. The predicted octanol–water partition coefficient (Wildman–Crippen LogP) is 4.06. The quantitative estimate of drug-likeness (QED) is 0.926. The van der Waals surface area contributed by atoms with Crippen LogP contribution in [0.5, 0.6) is 0 Å². The number of rotatable bonds is 4. The molecule has 0 atom stereocenters. The molecule has 2 aromatic rings. The summed E-state index contributed by atoms with van der Waals surface area (Å²) in [7, 11) is 0. The van der Waals surface area contributed by atoms with E-state index >= 15 is 0 Å². The van der Waals surface area contributed by atoms with Crippen LogP contribution in [0.4, 0.5) is 0 Å². The lowest BCUT2D eigenvalue weighted by molar-refractivity contribution is 0.0695. The molecule has 1 aromatic heterocycles. The van der Waals surface area contributed by atoms with Gasteiger partial charge in [-0.1, -0.05) is 55.2 Å². The van der Waals surface area contributed by atoms with Crippen molar-refractivity contribution in [2.24, 2.45) is 0 Å². The topological polar surface area (TPSA) is 55.1 Å². The molecule has 0 aliphatic rings. The Kier molecular flexibility index (Phi) is 4.35. The summed E-state index contributed by atoms with van der Waals surface area (Å²) in [6, 6.07) is 7.32. The fraction of sp³-hybridized carbons (Fsp3) is 0.286. The Morgan fingerprint density at radius 1 is 1.35 bits per heavy atom. The van der Waals surface area contributed by atoms with Gasteiger partial charge in [-0.15, -0.1) is 0 Å². The number of carbonyl (C=O) groups is 1. The van der Waals surface area contributed by atoms with Crippen LogP contribution in [0.1, 0.15) is 41.4 Å². The number of hydrogen-bond donors (Lipinski definition) is 1. The van der Waals surface area contributed by atoms with Gasteiger partial charge in [-0.3, -0.25) is 0 Å². The molecule has 0 aliphatic carbocycles. The van der Waals surface area contributed by atoms with Gasteiger partial charge in [0.15, 0.2) is 0 Å². The van der Waals surface area contributed by atoms with Crippen molar-refractivity contribution in [3.8, 4) is 0 Å². The molecule has 1 N–H and O–H groups in total. The number of aromatic nitrogens is 2. The van der Waals surface area contributed by atoms with E-state index in [2.05, 4.69) is 5.10 Å². The summed E-state index contributed by atoms with van der Waals surface area (Å²) in [4.78, 5) is 11.3. The highest BCUT2D eigenvalue weighted by Crippen LogP contribution is 2.27. The molecule has 20 heavy (non-hydrogen) atoms. The predicted molar refractivity (Wildman–Crippen MR) is 78.8 cm³/mol. The van der Waals surface area contributed by atoms with Crippen molar-refractivity contribution >= 4 is 29.2 Å². The van der Waals surface area contributed by atoms with Gasteiger partial charge in [0.1, 0.15) is 10.7 Å². The van der Waals surface area contributed by atoms with Crippen LogP contribution < -0.4 is 0 Å². The summed E-state index contributed by atoms with van der Waals surface area (Å²) in [5.41, 5.74) is 1.38. The lowest BCUT2D eigenvalue weighted by Crippen LogP contribution is -2.03. The van der Waals surface area contributed by atoms with Crippen molar-refractivity contribution in [1.82, 2.24) is 9.78 Å². The lowest BCUT2D eigenvalue weighted by atomic mass is 10.1. The molecule has 6 heteroatoms. The average Bonchev–Trinajstić information content (AvgIpc) is 2.70. The summed E-state index contributed by atoms with van der Waals surface area (Å²) in [5, 5.41) is 14.3. The van der Waals surface area contributed by atoms with E-state index in [1.165, 1.54) is 4.68 Å². The summed E-state index contributed by atoms with van der Waals surface area (Å²) in [5.74, 6) is -1.09. The van der Waals surface area contributed by atoms with Gasteiger partial charge in [-0.05, 0) is 17.5 Å². The lowest BCUT2D eigenvalue weighted by Gasteiger charge is -2.05. The van der Waals surface area contributed by atoms with E-state index < -0.39 is 5.97 Å². The summed E-state index contributed by atoms with van der Waals surface area (Å²) in [6.07, 6.45) is 0. The van der Waals surface area contributed by atoms with E-state index in [0.29, 0.717) is 17.3 Å². The number of carboxylic acids is 1. The molecule has 2 rings (SSSR count). The molecule has 0 unspecified atom stereocenters. The molecular formula is C14H14Cl2N2O2. The first-order chi connectivity index (χ1) is 9.41. The summed E-state index contributed by atoms with van der Waals surface area (Å²) < 4.78 is 1.47. The van der Waals surface area contributed by atoms with Crippen molar-refractivity contribution in [3.63, 3.8) is 0 Å². The minimum atomic E-state index is -1.07. The molecule has 0 fully saturated rings. The first-order valence-electron chi connectivity index (χ1n) is 6.14. The molecule has 0 amide bonds. The largest absolute Gasteiger partial charge is 0.478 e. The highest BCUT2D eigenvalue weighted by atomic mass is 35.5. The molecule has 1 heterocycles. The number of halogens is 2. The third-order valence-electron chi connectivity index (χ3n) is 2.96. The molecule has 0 radical (unpaired) electrons. The Hall–Kier alpha value is -1.52. The van der Waals surface area contributed by atoms with Gasteiger partial charge in [0.2, 0.25) is 0 Å². The first-order valence-corrected chi connectivity index (χ1v) is 6.90. The van der Waals surface area contributed by atoms with Gasteiger partial charge in [-0.2, -0.15) is 5.10 Å². The fourth-order valence-corrected chi connectivity index (χ4v) is 2.42. The summed E-state index contributed by atoms with van der Waals surface area (Å²) in [6.45, 7) is 4.10. The Morgan fingerprint density at radius 2 is 2.00 bits per heavy atom. The standard InChI is InChI=1S/C14H14Cl2N2O2/c1-8(2)12-11(14(19)20)13(16)18(17-12)7-9-5-3-4-6-10(9)15/h3-6,8H,7H2,1-2H3,(H,19,20). The van der Waals surface area contributed by atoms with E-state index in [0.717, 1.165) is 5.56 Å². The number of hydrogen-bond acceptors (Lipinski definition) is 2. The average molecular weight is 313 g/mol. The molecule has 0 bridgehead atoms. The van der Waals surface area contributed by atoms with E-state index in [-0.39, 0.29) is 16.6 Å².